The molecule has 0 aliphatic heterocycles. The fourth-order valence-corrected chi connectivity index (χ4v) is 4.91. The van der Waals surface area contributed by atoms with Crippen molar-refractivity contribution in [3.8, 4) is 10.6 Å². The van der Waals surface area contributed by atoms with Crippen LogP contribution in [0.1, 0.15) is 19.4 Å². The molecule has 158 valence electrons. The van der Waals surface area contributed by atoms with Gasteiger partial charge in [-0.2, -0.15) is 4.72 Å². The van der Waals surface area contributed by atoms with Crippen LogP contribution in [0.2, 0.25) is 5.02 Å². The monoisotopic (exact) mass is 464 g/mol. The highest BCUT2D eigenvalue weighted by Gasteiger charge is 2.29. The molecule has 0 aliphatic carbocycles. The van der Waals surface area contributed by atoms with E-state index in [-0.39, 0.29) is 10.8 Å². The van der Waals surface area contributed by atoms with Gasteiger partial charge in [-0.1, -0.05) is 60.5 Å². The number of hydrogen-bond donors (Lipinski definition) is 2. The molecule has 0 saturated carbocycles. The number of carbonyl (C=O) groups excluding carboxylic acids is 1. The quantitative estimate of drug-likeness (QED) is 0.548. The summed E-state index contributed by atoms with van der Waals surface area (Å²) in [6.45, 7) is 5.49. The fourth-order valence-electron chi connectivity index (χ4n) is 2.69. The Morgan fingerprint density at radius 1 is 1.10 bits per heavy atom. The highest BCUT2D eigenvalue weighted by Crippen LogP contribution is 2.27. The number of aromatic nitrogens is 2. The summed E-state index contributed by atoms with van der Waals surface area (Å²) in [7, 11) is -3.90. The van der Waals surface area contributed by atoms with E-state index in [1.54, 1.807) is 13.8 Å². The van der Waals surface area contributed by atoms with Crippen LogP contribution in [0.25, 0.3) is 10.6 Å². The zero-order valence-electron chi connectivity index (χ0n) is 16.6. The standard InChI is InChI=1S/C20H21ClN4O3S2/c1-12(2)17(25-30(27,28)16-9-7-15(21)8-10-16)18(26)22-20-24-23-19(29-20)14-6-4-5-13(3)11-14/h4-12,17,25H,1-3H3,(H,22,24,26). The minimum absolute atomic E-state index is 0.0306. The number of rotatable bonds is 7. The lowest BCUT2D eigenvalue weighted by molar-refractivity contribution is -0.118. The number of sulfonamides is 1. The van der Waals surface area contributed by atoms with Gasteiger partial charge in [-0.05, 0) is 43.2 Å². The number of halogens is 1. The van der Waals surface area contributed by atoms with Gasteiger partial charge in [0.1, 0.15) is 11.0 Å². The van der Waals surface area contributed by atoms with Crippen molar-refractivity contribution in [1.82, 2.24) is 14.9 Å². The molecule has 0 fully saturated rings. The van der Waals surface area contributed by atoms with Crippen molar-refractivity contribution < 1.29 is 13.2 Å². The van der Waals surface area contributed by atoms with E-state index in [0.717, 1.165) is 11.1 Å². The number of nitrogens with one attached hydrogen (secondary N) is 2. The first-order valence-electron chi connectivity index (χ1n) is 9.15. The molecule has 1 unspecified atom stereocenters. The summed E-state index contributed by atoms with van der Waals surface area (Å²) in [5, 5.41) is 12.2. The van der Waals surface area contributed by atoms with Crippen molar-refractivity contribution in [1.29, 1.82) is 0 Å². The SMILES string of the molecule is Cc1cccc(-c2nnc(NC(=O)C(NS(=O)(=O)c3ccc(Cl)cc3)C(C)C)s2)c1. The summed E-state index contributed by atoms with van der Waals surface area (Å²) in [6, 6.07) is 12.5. The maximum atomic E-state index is 12.8. The van der Waals surface area contributed by atoms with E-state index in [4.69, 9.17) is 11.6 Å². The average Bonchev–Trinajstić information content (AvgIpc) is 3.15. The van der Waals surface area contributed by atoms with E-state index in [2.05, 4.69) is 20.2 Å². The average molecular weight is 465 g/mol. The van der Waals surface area contributed by atoms with Gasteiger partial charge in [0, 0.05) is 10.6 Å². The first-order valence-corrected chi connectivity index (χ1v) is 11.8. The van der Waals surface area contributed by atoms with Crippen LogP contribution < -0.4 is 10.0 Å². The Morgan fingerprint density at radius 2 is 1.80 bits per heavy atom. The molecule has 30 heavy (non-hydrogen) atoms. The summed E-state index contributed by atoms with van der Waals surface area (Å²) in [4.78, 5) is 12.8. The molecule has 10 heteroatoms. The van der Waals surface area contributed by atoms with Gasteiger partial charge in [0.05, 0.1) is 4.90 Å². The fraction of sp³-hybridized carbons (Fsp3) is 0.250. The summed E-state index contributed by atoms with van der Waals surface area (Å²) in [6.07, 6.45) is 0. The number of carbonyl (C=O) groups is 1. The van der Waals surface area contributed by atoms with Gasteiger partial charge in [0.25, 0.3) is 0 Å². The number of aryl methyl sites for hydroxylation is 1. The first-order chi connectivity index (χ1) is 14.2. The third-order valence-electron chi connectivity index (χ3n) is 4.28. The van der Waals surface area contributed by atoms with E-state index in [0.29, 0.717) is 15.2 Å². The summed E-state index contributed by atoms with van der Waals surface area (Å²) < 4.78 is 27.8. The highest BCUT2D eigenvalue weighted by molar-refractivity contribution is 7.89. The molecule has 0 spiro atoms. The second-order valence-corrected chi connectivity index (χ2v) is 10.2. The predicted molar refractivity (Wildman–Crippen MR) is 119 cm³/mol. The Balaban J connectivity index is 1.75. The van der Waals surface area contributed by atoms with Gasteiger partial charge in [-0.25, -0.2) is 8.42 Å². The largest absolute Gasteiger partial charge is 0.299 e. The molecule has 1 amide bonds. The summed E-state index contributed by atoms with van der Waals surface area (Å²) >= 11 is 7.04. The Hall–Kier alpha value is -2.33. The van der Waals surface area contributed by atoms with Gasteiger partial charge < -0.3 is 0 Å². The number of nitrogens with zero attached hydrogens (tertiary/aromatic N) is 2. The van der Waals surface area contributed by atoms with Crippen LogP contribution in [0.15, 0.2) is 53.4 Å². The van der Waals surface area contributed by atoms with Crippen LogP contribution in [0.5, 0.6) is 0 Å². The maximum Gasteiger partial charge on any atom is 0.244 e. The molecule has 1 aromatic heterocycles. The van der Waals surface area contributed by atoms with Crippen LogP contribution in [0.4, 0.5) is 5.13 Å². The van der Waals surface area contributed by atoms with Gasteiger partial charge >= 0.3 is 0 Å². The van der Waals surface area contributed by atoms with Gasteiger partial charge in [-0.3, -0.25) is 10.1 Å². The normalized spacial score (nSPS) is 12.7. The number of amides is 1. The molecule has 7 nitrogen and oxygen atoms in total. The lowest BCUT2D eigenvalue weighted by atomic mass is 10.1. The first kappa shape index (κ1) is 22.4. The maximum absolute atomic E-state index is 12.8. The van der Waals surface area contributed by atoms with Crippen molar-refractivity contribution >= 4 is 44.0 Å². The zero-order chi connectivity index (χ0) is 21.9. The molecule has 3 aromatic rings. The number of anilines is 1. The Morgan fingerprint density at radius 3 is 2.43 bits per heavy atom. The third kappa shape index (κ3) is 5.42. The lowest BCUT2D eigenvalue weighted by Gasteiger charge is -2.21. The van der Waals surface area contributed by atoms with Crippen molar-refractivity contribution in [2.75, 3.05) is 5.32 Å². The van der Waals surface area contributed by atoms with Crippen molar-refractivity contribution in [2.24, 2.45) is 5.92 Å². The van der Waals surface area contributed by atoms with Crippen molar-refractivity contribution in [3.63, 3.8) is 0 Å². The molecular weight excluding hydrogens is 444 g/mol. The molecule has 1 atom stereocenters. The van der Waals surface area contributed by atoms with E-state index >= 15 is 0 Å². The smallest absolute Gasteiger partial charge is 0.244 e. The summed E-state index contributed by atoms with van der Waals surface area (Å²) in [5.41, 5.74) is 1.99. The second-order valence-electron chi connectivity index (χ2n) is 7.07. The molecule has 0 bridgehead atoms. The van der Waals surface area contributed by atoms with Crippen LogP contribution >= 0.6 is 22.9 Å². The zero-order valence-corrected chi connectivity index (χ0v) is 19.0. The van der Waals surface area contributed by atoms with Crippen LogP contribution in [0, 0.1) is 12.8 Å². The molecule has 0 radical (unpaired) electrons. The Bertz CT molecular complexity index is 1140. The van der Waals surface area contributed by atoms with Crippen molar-refractivity contribution in [2.45, 2.75) is 31.7 Å². The van der Waals surface area contributed by atoms with Gasteiger partial charge in [0.2, 0.25) is 21.1 Å². The third-order valence-corrected chi connectivity index (χ3v) is 6.87. The molecule has 2 N–H and O–H groups in total. The van der Waals surface area contributed by atoms with E-state index in [1.165, 1.54) is 35.6 Å². The Kier molecular flexibility index (Phi) is 6.87. The minimum Gasteiger partial charge on any atom is -0.299 e. The molecule has 0 aliphatic rings. The molecular formula is C20H21ClN4O3S2. The highest BCUT2D eigenvalue weighted by atomic mass is 35.5. The predicted octanol–water partition coefficient (Wildman–Crippen LogP) is 4.11. The van der Waals surface area contributed by atoms with Crippen LogP contribution in [-0.2, 0) is 14.8 Å². The molecule has 1 heterocycles. The molecule has 3 rings (SSSR count). The van der Waals surface area contributed by atoms with E-state index < -0.39 is 22.0 Å². The van der Waals surface area contributed by atoms with Crippen molar-refractivity contribution in [3.05, 3.63) is 59.1 Å². The number of hydrogen-bond acceptors (Lipinski definition) is 6. The van der Waals surface area contributed by atoms with E-state index in [9.17, 15) is 13.2 Å². The second kappa shape index (κ2) is 9.22. The topological polar surface area (TPSA) is 101 Å². The Labute approximate surface area is 184 Å². The van der Waals surface area contributed by atoms with Gasteiger partial charge in [0.15, 0.2) is 0 Å². The number of benzene rings is 2. The minimum atomic E-state index is -3.90. The molecule has 0 saturated heterocycles. The van der Waals surface area contributed by atoms with Gasteiger partial charge in [-0.15, -0.1) is 10.2 Å². The molecule has 2 aromatic carbocycles. The van der Waals surface area contributed by atoms with Crippen LogP contribution in [-0.4, -0.2) is 30.6 Å². The van der Waals surface area contributed by atoms with E-state index in [1.807, 2.05) is 31.2 Å². The summed E-state index contributed by atoms with van der Waals surface area (Å²) in [5.74, 6) is -0.800. The lowest BCUT2D eigenvalue weighted by Crippen LogP contribution is -2.47. The van der Waals surface area contributed by atoms with Crippen LogP contribution in [0.3, 0.4) is 0 Å².